The summed E-state index contributed by atoms with van der Waals surface area (Å²) in [6.45, 7) is 0. The third-order valence-corrected chi connectivity index (χ3v) is 21.8. The molecule has 7 aromatic heterocycles. The molecule has 6 N–H and O–H groups in total. The second-order valence-corrected chi connectivity index (χ2v) is 27.3. The van der Waals surface area contributed by atoms with Gasteiger partial charge in [0.1, 0.15) is 19.6 Å². The monoisotopic (exact) mass is 1160 g/mol. The number of rotatable bonds is 8. The fourth-order valence-electron chi connectivity index (χ4n) is 9.69. The van der Waals surface area contributed by atoms with E-state index in [0.29, 0.717) is 127 Å². The highest BCUT2D eigenvalue weighted by Crippen LogP contribution is 2.47. The molecule has 0 spiro atoms. The van der Waals surface area contributed by atoms with Crippen LogP contribution in [0, 0.1) is 0 Å². The summed E-state index contributed by atoms with van der Waals surface area (Å²) in [7, 11) is -18.6. The molecule has 0 unspecified atom stereocenters. The van der Waals surface area contributed by atoms with Crippen LogP contribution < -0.4 is 0 Å². The predicted octanol–water partition coefficient (Wildman–Crippen LogP) is 13.2. The van der Waals surface area contributed by atoms with Crippen LogP contribution in [-0.4, -0.2) is 71.8 Å². The summed E-state index contributed by atoms with van der Waals surface area (Å²) in [4.78, 5) is 18.8. The molecule has 0 radical (unpaired) electrons. The minimum atomic E-state index is -4.66. The van der Waals surface area contributed by atoms with Gasteiger partial charge in [-0.2, -0.15) is 33.7 Å². The Kier molecular flexibility index (Phi) is 11.0. The number of H-pyrrole nitrogens is 2. The smallest absolute Gasteiger partial charge is 0.295 e. The molecule has 0 atom stereocenters. The molecule has 76 heavy (non-hydrogen) atoms. The van der Waals surface area contributed by atoms with Crippen LogP contribution in [0.15, 0.2) is 141 Å². The lowest BCUT2D eigenvalue weighted by atomic mass is 10.1. The van der Waals surface area contributed by atoms with Crippen molar-refractivity contribution in [1.82, 2.24) is 19.9 Å². The van der Waals surface area contributed by atoms with Gasteiger partial charge in [-0.25, -0.2) is 9.97 Å². The van der Waals surface area contributed by atoms with Crippen LogP contribution in [0.1, 0.15) is 22.8 Å². The second-order valence-electron chi connectivity index (χ2n) is 17.5. The molecule has 2 aliphatic heterocycles. The molecule has 0 aliphatic carbocycles. The van der Waals surface area contributed by atoms with Crippen LogP contribution in [0.25, 0.3) is 128 Å². The SMILES string of the molecule is O=S(=O)(O)c1cccc2cc(-c3c4nc(c(-c5cc6cccc(S(=O)(=O)O)c6s5)c5ccc([nH]5)c(-c5cc6cccc(S(=O)(=O)O)c6s5)c5nc(c(-c6cc7cccc(S(=O)(=O)O)c7s6)c6ccc3[nH]6)C=C5)C=C4)sc12. The first kappa shape index (κ1) is 48.6. The summed E-state index contributed by atoms with van der Waals surface area (Å²) < 4.78 is 144. The molecule has 0 saturated carbocycles. The van der Waals surface area contributed by atoms with Gasteiger partial charge in [0, 0.05) is 63.8 Å². The van der Waals surface area contributed by atoms with E-state index in [4.69, 9.17) is 9.97 Å². The minimum absolute atomic E-state index is 0.279. The van der Waals surface area contributed by atoms with Crippen molar-refractivity contribution in [3.05, 3.63) is 144 Å². The highest BCUT2D eigenvalue weighted by atomic mass is 32.2. The Balaban J connectivity index is 1.20. The molecular formula is C52H30N4O12S8. The molecule has 8 bridgehead atoms. The van der Waals surface area contributed by atoms with Gasteiger partial charge in [-0.15, -0.1) is 45.3 Å². The van der Waals surface area contributed by atoms with Crippen LogP contribution in [0.4, 0.5) is 0 Å². The number of nitrogens with one attached hydrogen (secondary N) is 2. The van der Waals surface area contributed by atoms with Crippen molar-refractivity contribution in [2.75, 3.05) is 0 Å². The van der Waals surface area contributed by atoms with Gasteiger partial charge in [-0.3, -0.25) is 18.2 Å². The molecular weight excluding hydrogens is 1130 g/mol. The Bertz CT molecular complexity index is 4510. The van der Waals surface area contributed by atoms with E-state index < -0.39 is 40.5 Å². The van der Waals surface area contributed by atoms with Gasteiger partial charge in [0.15, 0.2) is 0 Å². The molecule has 0 saturated heterocycles. The lowest BCUT2D eigenvalue weighted by molar-refractivity contribution is 0.482. The molecule has 378 valence electrons. The van der Waals surface area contributed by atoms with Crippen LogP contribution >= 0.6 is 45.3 Å². The number of hydrogen-bond donors (Lipinski definition) is 6. The molecule has 0 fully saturated rings. The van der Waals surface area contributed by atoms with Crippen LogP contribution in [0.3, 0.4) is 0 Å². The van der Waals surface area contributed by atoms with E-state index in [1.54, 1.807) is 72.8 Å². The summed E-state index contributed by atoms with van der Waals surface area (Å²) in [6.07, 6.45) is 7.16. The topological polar surface area (TPSA) is 275 Å². The maximum absolute atomic E-state index is 12.7. The number of thiophene rings is 4. The number of aromatic nitrogens is 4. The van der Waals surface area contributed by atoms with Crippen LogP contribution in [0.5, 0.6) is 0 Å². The Labute approximate surface area is 446 Å². The third-order valence-electron chi connectivity index (χ3n) is 12.9. The van der Waals surface area contributed by atoms with Crippen LogP contribution in [-0.2, 0) is 40.5 Å². The molecule has 16 nitrogen and oxygen atoms in total. The summed E-state index contributed by atoms with van der Waals surface area (Å²) >= 11 is 4.49. The fourth-order valence-corrected chi connectivity index (χ4v) is 18.4. The second kappa shape index (κ2) is 17.2. The number of benzene rings is 4. The van der Waals surface area contributed by atoms with Crippen molar-refractivity contribution in [2.45, 2.75) is 19.6 Å². The predicted molar refractivity (Wildman–Crippen MR) is 301 cm³/mol. The van der Waals surface area contributed by atoms with Crippen molar-refractivity contribution in [1.29, 1.82) is 0 Å². The molecule has 4 aromatic carbocycles. The van der Waals surface area contributed by atoms with Crippen molar-refractivity contribution >= 4 is 173 Å². The maximum atomic E-state index is 12.7. The molecule has 2 aliphatic rings. The van der Waals surface area contributed by atoms with E-state index in [1.165, 1.54) is 48.5 Å². The lowest BCUT2D eigenvalue weighted by Crippen LogP contribution is -1.97. The molecule has 9 heterocycles. The average Bonchev–Trinajstić information content (AvgIpc) is 4.26. The first-order valence-corrected chi connectivity index (χ1v) is 31.4. The van der Waals surface area contributed by atoms with E-state index in [-0.39, 0.29) is 19.6 Å². The van der Waals surface area contributed by atoms with Gasteiger partial charge in [0.2, 0.25) is 0 Å². The Morgan fingerprint density at radius 2 is 0.553 bits per heavy atom. The first-order chi connectivity index (χ1) is 36.2. The lowest BCUT2D eigenvalue weighted by Gasteiger charge is -2.04. The van der Waals surface area contributed by atoms with E-state index in [1.807, 2.05) is 24.3 Å². The van der Waals surface area contributed by atoms with Gasteiger partial charge < -0.3 is 9.97 Å². The summed E-state index contributed by atoms with van der Waals surface area (Å²) in [5.74, 6) is 0. The van der Waals surface area contributed by atoms with Crippen molar-refractivity contribution in [3.8, 4) is 41.8 Å². The standard InChI is InChI=1S/C52H30N4O12S8/c57-73(58,59)41-9-1-5-25-21-37(69-49(25)41)45-29-13-15-31(53-29)46(38-22-26-6-2-10-42(50(26)70-38)74(60,61)62)33-17-19-35(55-33)48(40-24-28-8-4-12-44(52(28)72-40)76(66,67)68)36-20-18-34(56-36)47(32-16-14-30(45)54-32)39-23-27-7-3-11-43(51(27)71-39)75(63,64)65/h1-24,53,56H,(H,57,58,59)(H,60,61,62)(H,63,64,65)(H,66,67,68). The number of nitrogens with zero attached hydrogens (tertiary/aromatic N) is 2. The van der Waals surface area contributed by atoms with E-state index in [2.05, 4.69) is 9.97 Å². The Morgan fingerprint density at radius 3 is 0.763 bits per heavy atom. The number of hydrogen-bond acceptors (Lipinski definition) is 14. The van der Waals surface area contributed by atoms with Crippen molar-refractivity contribution < 1.29 is 51.9 Å². The average molecular weight is 1160 g/mol. The molecule has 24 heteroatoms. The summed E-state index contributed by atoms with van der Waals surface area (Å²) in [5, 5.41) is 2.11. The van der Waals surface area contributed by atoms with E-state index in [9.17, 15) is 51.9 Å². The Morgan fingerprint density at radius 1 is 0.329 bits per heavy atom. The molecule has 0 amide bonds. The van der Waals surface area contributed by atoms with Gasteiger partial charge >= 0.3 is 0 Å². The van der Waals surface area contributed by atoms with Crippen LogP contribution in [0.2, 0.25) is 0 Å². The molecule has 13 rings (SSSR count). The molecule has 11 aromatic rings. The normalized spacial score (nSPS) is 13.3. The highest BCUT2D eigenvalue weighted by Gasteiger charge is 2.26. The van der Waals surface area contributed by atoms with E-state index in [0.717, 1.165) is 45.3 Å². The quantitative estimate of drug-likeness (QED) is 0.0772. The summed E-state index contributed by atoms with van der Waals surface area (Å²) in [6, 6.07) is 32.8. The summed E-state index contributed by atoms with van der Waals surface area (Å²) in [5.41, 5.74) is 5.78. The third kappa shape index (κ3) is 8.16. The fraction of sp³-hybridized carbons (Fsp3) is 0. The van der Waals surface area contributed by atoms with Gasteiger partial charge in [0.05, 0.1) is 41.6 Å². The zero-order valence-corrected chi connectivity index (χ0v) is 44.6. The van der Waals surface area contributed by atoms with E-state index >= 15 is 0 Å². The maximum Gasteiger partial charge on any atom is 0.295 e. The van der Waals surface area contributed by atoms with Gasteiger partial charge in [-0.05, 0) is 119 Å². The number of fused-ring (bicyclic) bond motifs is 12. The minimum Gasteiger partial charge on any atom is -0.354 e. The largest absolute Gasteiger partial charge is 0.354 e. The van der Waals surface area contributed by atoms with Gasteiger partial charge in [-0.1, -0.05) is 48.5 Å². The van der Waals surface area contributed by atoms with Crippen molar-refractivity contribution in [3.63, 3.8) is 0 Å². The first-order valence-electron chi connectivity index (χ1n) is 22.3. The van der Waals surface area contributed by atoms with Gasteiger partial charge in [0.25, 0.3) is 40.5 Å². The number of aromatic amines is 2. The Hall–Kier alpha value is -7.04. The zero-order chi connectivity index (χ0) is 52.8. The van der Waals surface area contributed by atoms with Crippen molar-refractivity contribution in [2.24, 2.45) is 0 Å². The highest BCUT2D eigenvalue weighted by molar-refractivity contribution is 7.87. The zero-order valence-electron chi connectivity index (χ0n) is 38.1.